The summed E-state index contributed by atoms with van der Waals surface area (Å²) in [5, 5.41) is 0. The van der Waals surface area contributed by atoms with E-state index >= 15 is 0 Å². The van der Waals surface area contributed by atoms with Crippen LogP contribution in [0.5, 0.6) is 0 Å². The highest BCUT2D eigenvalue weighted by Crippen LogP contribution is 2.18. The Kier molecular flexibility index (Phi) is 64.1. The van der Waals surface area contributed by atoms with Crippen LogP contribution in [-0.2, 0) is 28.6 Å². The van der Waals surface area contributed by atoms with Crippen molar-refractivity contribution in [1.29, 1.82) is 0 Å². The maximum Gasteiger partial charge on any atom is 0.306 e. The van der Waals surface area contributed by atoms with E-state index in [1.54, 1.807) is 0 Å². The zero-order valence-corrected chi connectivity index (χ0v) is 52.0. The molecule has 0 spiro atoms. The fourth-order valence-corrected chi connectivity index (χ4v) is 10.4. The van der Waals surface area contributed by atoms with E-state index in [0.29, 0.717) is 19.3 Å². The lowest BCUT2D eigenvalue weighted by Gasteiger charge is -2.18. The number of carbonyl (C=O) groups excluding carboxylic acids is 3. The topological polar surface area (TPSA) is 78.9 Å². The van der Waals surface area contributed by atoms with Crippen LogP contribution in [0, 0.1) is 0 Å². The van der Waals surface area contributed by atoms with E-state index in [-0.39, 0.29) is 31.1 Å². The predicted octanol–water partition coefficient (Wildman–Crippen LogP) is 23.6. The molecule has 0 fully saturated rings. The third-order valence-corrected chi connectivity index (χ3v) is 15.6. The molecule has 0 bridgehead atoms. The SMILES string of the molecule is CCCCCCC/C=C\C/C=C\CCCCCCCCCCCCCCCCCCCCCCCCCC(=O)OCC(COC(=O)CCCCCCCCCCC)OC(=O)CCCCCCC/C=C\CCCCCCCC. The van der Waals surface area contributed by atoms with E-state index in [0.717, 1.165) is 70.6 Å². The molecule has 0 heterocycles. The van der Waals surface area contributed by atoms with Crippen LogP contribution in [0.3, 0.4) is 0 Å². The molecular weight excluding hydrogens is 949 g/mol. The van der Waals surface area contributed by atoms with Gasteiger partial charge >= 0.3 is 17.9 Å². The van der Waals surface area contributed by atoms with Crippen LogP contribution < -0.4 is 0 Å². The highest BCUT2D eigenvalue weighted by molar-refractivity contribution is 5.71. The van der Waals surface area contributed by atoms with Crippen LogP contribution >= 0.6 is 0 Å². The van der Waals surface area contributed by atoms with Gasteiger partial charge in [0.25, 0.3) is 0 Å². The van der Waals surface area contributed by atoms with Crippen LogP contribution in [0.15, 0.2) is 36.5 Å². The van der Waals surface area contributed by atoms with E-state index in [9.17, 15) is 14.4 Å². The molecule has 0 amide bonds. The lowest BCUT2D eigenvalue weighted by atomic mass is 10.0. The first kappa shape index (κ1) is 74.6. The number of hydrogen-bond acceptors (Lipinski definition) is 6. The summed E-state index contributed by atoms with van der Waals surface area (Å²) in [6, 6.07) is 0. The van der Waals surface area contributed by atoms with Gasteiger partial charge in [0, 0.05) is 19.3 Å². The van der Waals surface area contributed by atoms with Crippen LogP contribution in [0.4, 0.5) is 0 Å². The first-order valence-corrected chi connectivity index (χ1v) is 34.5. The van der Waals surface area contributed by atoms with Crippen molar-refractivity contribution in [2.75, 3.05) is 13.2 Å². The molecule has 0 N–H and O–H groups in total. The van der Waals surface area contributed by atoms with Gasteiger partial charge < -0.3 is 14.2 Å². The molecule has 0 aromatic carbocycles. The van der Waals surface area contributed by atoms with Gasteiger partial charge in [-0.05, 0) is 77.0 Å². The van der Waals surface area contributed by atoms with E-state index in [4.69, 9.17) is 14.2 Å². The molecule has 77 heavy (non-hydrogen) atoms. The molecule has 0 rings (SSSR count). The van der Waals surface area contributed by atoms with Gasteiger partial charge in [0.15, 0.2) is 6.10 Å². The Bertz CT molecular complexity index is 1290. The molecule has 0 aliphatic rings. The second-order valence-electron chi connectivity index (χ2n) is 23.4. The van der Waals surface area contributed by atoms with Crippen molar-refractivity contribution in [3.63, 3.8) is 0 Å². The van der Waals surface area contributed by atoms with Crippen LogP contribution in [0.25, 0.3) is 0 Å². The molecule has 0 aliphatic carbocycles. The lowest BCUT2D eigenvalue weighted by molar-refractivity contribution is -0.167. The molecule has 0 saturated carbocycles. The second-order valence-corrected chi connectivity index (χ2v) is 23.4. The summed E-state index contributed by atoms with van der Waals surface area (Å²) in [4.78, 5) is 38.1. The van der Waals surface area contributed by atoms with Crippen molar-refractivity contribution in [2.45, 2.75) is 386 Å². The monoisotopic (exact) mass is 1080 g/mol. The zero-order valence-electron chi connectivity index (χ0n) is 52.0. The number of rotatable bonds is 64. The third-order valence-electron chi connectivity index (χ3n) is 15.6. The summed E-state index contributed by atoms with van der Waals surface area (Å²) in [5.74, 6) is -0.858. The van der Waals surface area contributed by atoms with Gasteiger partial charge in [0.05, 0.1) is 0 Å². The summed E-state index contributed by atoms with van der Waals surface area (Å²) in [6.45, 7) is 6.65. The van der Waals surface area contributed by atoms with Crippen molar-refractivity contribution in [1.82, 2.24) is 0 Å². The minimum Gasteiger partial charge on any atom is -0.462 e. The largest absolute Gasteiger partial charge is 0.462 e. The van der Waals surface area contributed by atoms with Gasteiger partial charge in [-0.1, -0.05) is 320 Å². The predicted molar refractivity (Wildman–Crippen MR) is 335 cm³/mol. The standard InChI is InChI=1S/C71H132O6/c1-4-7-10-13-16-19-21-23-25-26-27-28-29-30-31-32-33-34-35-36-37-38-39-40-41-42-43-44-46-47-49-52-55-58-61-64-70(73)76-67-68(66-75-69(72)63-60-57-54-51-18-15-12-9-6-3)77-71(74)65-62-59-56-53-50-48-45-24-22-20-17-14-11-8-5-2/h21,23-24,26-27,45,68H,4-20,22,25,28-44,46-67H2,1-3H3/b23-21-,27-26-,45-24-. The highest BCUT2D eigenvalue weighted by Gasteiger charge is 2.19. The minimum absolute atomic E-state index is 0.0696. The Morgan fingerprint density at radius 3 is 0.727 bits per heavy atom. The molecule has 0 saturated heterocycles. The molecular formula is C71H132O6. The van der Waals surface area contributed by atoms with Crippen molar-refractivity contribution >= 4 is 17.9 Å². The van der Waals surface area contributed by atoms with Crippen molar-refractivity contribution in [3.8, 4) is 0 Å². The van der Waals surface area contributed by atoms with E-state index in [1.165, 1.54) is 270 Å². The maximum atomic E-state index is 12.8. The Labute approximate surface area is 480 Å². The molecule has 6 nitrogen and oxygen atoms in total. The maximum absolute atomic E-state index is 12.8. The summed E-state index contributed by atoms with van der Waals surface area (Å²) >= 11 is 0. The van der Waals surface area contributed by atoms with E-state index < -0.39 is 6.10 Å². The molecule has 1 atom stereocenters. The normalized spacial score (nSPS) is 12.2. The van der Waals surface area contributed by atoms with Gasteiger partial charge in [-0.3, -0.25) is 14.4 Å². The number of allylic oxidation sites excluding steroid dienone is 6. The third kappa shape index (κ3) is 64.3. The number of carbonyl (C=O) groups is 3. The molecule has 0 aromatic heterocycles. The van der Waals surface area contributed by atoms with Gasteiger partial charge in [-0.15, -0.1) is 0 Å². The number of esters is 3. The molecule has 0 radical (unpaired) electrons. The molecule has 6 heteroatoms. The van der Waals surface area contributed by atoms with Crippen LogP contribution in [0.1, 0.15) is 380 Å². The van der Waals surface area contributed by atoms with Crippen molar-refractivity contribution < 1.29 is 28.6 Å². The molecule has 0 aromatic rings. The molecule has 452 valence electrons. The Balaban J connectivity index is 3.97. The van der Waals surface area contributed by atoms with E-state index in [2.05, 4.69) is 57.2 Å². The fourth-order valence-electron chi connectivity index (χ4n) is 10.4. The fraction of sp³-hybridized carbons (Fsp3) is 0.873. The summed E-state index contributed by atoms with van der Waals surface area (Å²) in [6.07, 6.45) is 82.0. The van der Waals surface area contributed by atoms with Gasteiger partial charge in [-0.25, -0.2) is 0 Å². The lowest BCUT2D eigenvalue weighted by Crippen LogP contribution is -2.30. The average molecular weight is 1080 g/mol. The number of hydrogen-bond donors (Lipinski definition) is 0. The molecule has 1 unspecified atom stereocenters. The van der Waals surface area contributed by atoms with Crippen LogP contribution in [-0.4, -0.2) is 37.2 Å². The quantitative estimate of drug-likeness (QED) is 0.0261. The van der Waals surface area contributed by atoms with Crippen molar-refractivity contribution in [3.05, 3.63) is 36.5 Å². The summed E-state index contributed by atoms with van der Waals surface area (Å²) < 4.78 is 16.9. The van der Waals surface area contributed by atoms with Gasteiger partial charge in [-0.2, -0.15) is 0 Å². The summed E-state index contributed by atoms with van der Waals surface area (Å²) in [5.41, 5.74) is 0. The minimum atomic E-state index is -0.771. The zero-order chi connectivity index (χ0) is 55.7. The van der Waals surface area contributed by atoms with E-state index in [1.807, 2.05) is 0 Å². The Morgan fingerprint density at radius 1 is 0.260 bits per heavy atom. The summed E-state index contributed by atoms with van der Waals surface area (Å²) in [7, 11) is 0. The second kappa shape index (κ2) is 66.1. The van der Waals surface area contributed by atoms with Crippen LogP contribution in [0.2, 0.25) is 0 Å². The first-order chi connectivity index (χ1) is 38.0. The van der Waals surface area contributed by atoms with Crippen molar-refractivity contribution in [2.24, 2.45) is 0 Å². The number of unbranched alkanes of at least 4 members (excludes halogenated alkanes) is 47. The average Bonchev–Trinajstić information content (AvgIpc) is 3.43. The van der Waals surface area contributed by atoms with Gasteiger partial charge in [0.1, 0.15) is 13.2 Å². The number of ether oxygens (including phenoxy) is 3. The Morgan fingerprint density at radius 2 is 0.468 bits per heavy atom. The first-order valence-electron chi connectivity index (χ1n) is 34.5. The smallest absolute Gasteiger partial charge is 0.306 e. The highest BCUT2D eigenvalue weighted by atomic mass is 16.6. The van der Waals surface area contributed by atoms with Gasteiger partial charge in [0.2, 0.25) is 0 Å². The molecule has 0 aliphatic heterocycles. The Hall–Kier alpha value is -2.37.